The summed E-state index contributed by atoms with van der Waals surface area (Å²) in [6.07, 6.45) is -0.589. The van der Waals surface area contributed by atoms with Crippen LogP contribution in [-0.2, 0) is 19.8 Å². The summed E-state index contributed by atoms with van der Waals surface area (Å²) in [5, 5.41) is 3.43. The standard InChI is InChI=1S/C11H11F3N4O.C3H8/c1-7(19)8-5-15-10(17(8)2)6-18-4-3-9(16-18)11(12,13)14;1-3-2/h3-5H,6H2,1-2H3;3H2,1-2H3. The molecule has 2 rings (SSSR count). The Morgan fingerprint density at radius 1 is 1.32 bits per heavy atom. The van der Waals surface area contributed by atoms with E-state index in [4.69, 9.17) is 0 Å². The predicted molar refractivity (Wildman–Crippen MR) is 75.5 cm³/mol. The van der Waals surface area contributed by atoms with E-state index in [1.807, 2.05) is 0 Å². The molecule has 0 amide bonds. The van der Waals surface area contributed by atoms with Gasteiger partial charge in [-0.3, -0.25) is 9.48 Å². The van der Waals surface area contributed by atoms with Gasteiger partial charge in [-0.25, -0.2) is 4.98 Å². The fraction of sp³-hybridized carbons (Fsp3) is 0.500. The Balaban J connectivity index is 0.000000745. The van der Waals surface area contributed by atoms with E-state index in [-0.39, 0.29) is 12.3 Å². The maximum absolute atomic E-state index is 12.4. The molecular formula is C14H19F3N4O. The van der Waals surface area contributed by atoms with Gasteiger partial charge in [-0.2, -0.15) is 18.3 Å². The summed E-state index contributed by atoms with van der Waals surface area (Å²) in [5.74, 6) is 0.305. The molecule has 0 saturated carbocycles. The summed E-state index contributed by atoms with van der Waals surface area (Å²) in [6, 6.07) is 0.898. The molecular weight excluding hydrogens is 297 g/mol. The average molecular weight is 316 g/mol. The zero-order chi connectivity index (χ0) is 16.9. The van der Waals surface area contributed by atoms with Crippen LogP contribution in [0.5, 0.6) is 0 Å². The molecule has 0 atom stereocenters. The van der Waals surface area contributed by atoms with Gasteiger partial charge in [0, 0.05) is 20.2 Å². The van der Waals surface area contributed by atoms with Crippen molar-refractivity contribution >= 4 is 5.78 Å². The van der Waals surface area contributed by atoms with E-state index in [1.165, 1.54) is 30.3 Å². The first-order chi connectivity index (χ1) is 10.2. The van der Waals surface area contributed by atoms with Gasteiger partial charge in [0.05, 0.1) is 12.7 Å². The Morgan fingerprint density at radius 3 is 2.32 bits per heavy atom. The lowest BCUT2D eigenvalue weighted by molar-refractivity contribution is -0.141. The summed E-state index contributed by atoms with van der Waals surface area (Å²) < 4.78 is 39.8. The molecule has 0 N–H and O–H groups in total. The third kappa shape index (κ3) is 4.44. The van der Waals surface area contributed by atoms with Crippen molar-refractivity contribution < 1.29 is 18.0 Å². The van der Waals surface area contributed by atoms with Crippen LogP contribution in [0.4, 0.5) is 13.2 Å². The molecule has 0 aliphatic heterocycles. The first-order valence-electron chi connectivity index (χ1n) is 6.82. The van der Waals surface area contributed by atoms with Crippen LogP contribution in [0.2, 0.25) is 0 Å². The fourth-order valence-corrected chi connectivity index (χ4v) is 1.67. The molecule has 2 heterocycles. The Hall–Kier alpha value is -2.12. The molecule has 8 heteroatoms. The smallest absolute Gasteiger partial charge is 0.327 e. The highest BCUT2D eigenvalue weighted by Crippen LogP contribution is 2.27. The van der Waals surface area contributed by atoms with Crippen molar-refractivity contribution in [3.05, 3.63) is 35.7 Å². The first kappa shape index (κ1) is 17.9. The lowest BCUT2D eigenvalue weighted by Gasteiger charge is -2.05. The van der Waals surface area contributed by atoms with Crippen molar-refractivity contribution in [2.75, 3.05) is 0 Å². The van der Waals surface area contributed by atoms with E-state index in [9.17, 15) is 18.0 Å². The van der Waals surface area contributed by atoms with Crippen LogP contribution < -0.4 is 0 Å². The third-order valence-corrected chi connectivity index (χ3v) is 2.68. The highest BCUT2D eigenvalue weighted by molar-refractivity contribution is 5.92. The van der Waals surface area contributed by atoms with Crippen molar-refractivity contribution in [1.29, 1.82) is 0 Å². The number of ketones is 1. The van der Waals surface area contributed by atoms with E-state index < -0.39 is 11.9 Å². The molecule has 0 unspecified atom stereocenters. The number of hydrogen-bond acceptors (Lipinski definition) is 3. The Bertz CT molecular complexity index is 628. The molecule has 0 aliphatic rings. The minimum atomic E-state index is -4.46. The highest BCUT2D eigenvalue weighted by atomic mass is 19.4. The Kier molecular flexibility index (Phi) is 5.90. The number of rotatable bonds is 3. The lowest BCUT2D eigenvalue weighted by atomic mass is 10.3. The maximum atomic E-state index is 12.4. The van der Waals surface area contributed by atoms with Crippen molar-refractivity contribution in [3.63, 3.8) is 0 Å². The molecule has 0 bridgehead atoms. The summed E-state index contributed by atoms with van der Waals surface area (Å²) in [6.45, 7) is 5.72. The second kappa shape index (κ2) is 7.24. The predicted octanol–water partition coefficient (Wildman–Crippen LogP) is 3.30. The minimum Gasteiger partial charge on any atom is -0.327 e. The van der Waals surface area contributed by atoms with Gasteiger partial charge in [0.2, 0.25) is 0 Å². The van der Waals surface area contributed by atoms with Crippen molar-refractivity contribution in [3.8, 4) is 0 Å². The van der Waals surface area contributed by atoms with Crippen molar-refractivity contribution in [1.82, 2.24) is 19.3 Å². The lowest BCUT2D eigenvalue weighted by Crippen LogP contribution is -2.11. The molecule has 22 heavy (non-hydrogen) atoms. The fourth-order valence-electron chi connectivity index (χ4n) is 1.67. The quantitative estimate of drug-likeness (QED) is 0.816. The zero-order valence-corrected chi connectivity index (χ0v) is 13.0. The molecule has 122 valence electrons. The number of nitrogens with zero attached hydrogens (tertiary/aromatic N) is 4. The highest BCUT2D eigenvalue weighted by Gasteiger charge is 2.33. The Labute approximate surface area is 126 Å². The van der Waals surface area contributed by atoms with E-state index in [0.717, 1.165) is 10.7 Å². The molecule has 2 aromatic rings. The summed E-state index contributed by atoms with van der Waals surface area (Å²) in [7, 11) is 1.63. The van der Waals surface area contributed by atoms with Gasteiger partial charge in [-0.1, -0.05) is 20.3 Å². The third-order valence-electron chi connectivity index (χ3n) is 2.68. The second-order valence-corrected chi connectivity index (χ2v) is 4.78. The number of aromatic nitrogens is 4. The molecule has 0 aromatic carbocycles. The van der Waals surface area contributed by atoms with Gasteiger partial charge in [-0.05, 0) is 6.07 Å². The zero-order valence-electron chi connectivity index (χ0n) is 13.0. The monoisotopic (exact) mass is 316 g/mol. The molecule has 0 radical (unpaired) electrons. The van der Waals surface area contributed by atoms with Crippen LogP contribution in [0.25, 0.3) is 0 Å². The number of alkyl halides is 3. The van der Waals surface area contributed by atoms with Crippen LogP contribution in [0, 0.1) is 0 Å². The summed E-state index contributed by atoms with van der Waals surface area (Å²) >= 11 is 0. The minimum absolute atomic E-state index is 0.0693. The number of imidazole rings is 1. The van der Waals surface area contributed by atoms with Crippen molar-refractivity contribution in [2.45, 2.75) is 39.9 Å². The largest absolute Gasteiger partial charge is 0.435 e. The van der Waals surface area contributed by atoms with Gasteiger partial charge in [0.15, 0.2) is 11.5 Å². The van der Waals surface area contributed by atoms with E-state index in [0.29, 0.717) is 11.5 Å². The molecule has 5 nitrogen and oxygen atoms in total. The number of hydrogen-bond donors (Lipinski definition) is 0. The average Bonchev–Trinajstić information content (AvgIpc) is 2.98. The molecule has 0 spiro atoms. The van der Waals surface area contributed by atoms with Crippen LogP contribution in [0.1, 0.15) is 49.2 Å². The van der Waals surface area contributed by atoms with E-state index >= 15 is 0 Å². The Morgan fingerprint density at radius 2 is 1.91 bits per heavy atom. The SMILES string of the molecule is CC(=O)c1cnc(Cn2ccc(C(F)(F)F)n2)n1C.CCC. The van der Waals surface area contributed by atoms with Crippen LogP contribution in [0.3, 0.4) is 0 Å². The van der Waals surface area contributed by atoms with Crippen LogP contribution in [0.15, 0.2) is 18.5 Å². The van der Waals surface area contributed by atoms with Gasteiger partial charge >= 0.3 is 6.18 Å². The van der Waals surface area contributed by atoms with E-state index in [2.05, 4.69) is 23.9 Å². The van der Waals surface area contributed by atoms with Crippen LogP contribution >= 0.6 is 0 Å². The summed E-state index contributed by atoms with van der Waals surface area (Å²) in [4.78, 5) is 15.2. The van der Waals surface area contributed by atoms with Crippen LogP contribution in [-0.4, -0.2) is 25.1 Å². The van der Waals surface area contributed by atoms with Gasteiger partial charge in [0.1, 0.15) is 11.5 Å². The summed E-state index contributed by atoms with van der Waals surface area (Å²) in [5.41, 5.74) is -0.549. The number of carbonyl (C=O) groups excluding carboxylic acids is 1. The molecule has 0 saturated heterocycles. The van der Waals surface area contributed by atoms with E-state index in [1.54, 1.807) is 7.05 Å². The van der Waals surface area contributed by atoms with Gasteiger partial charge in [0.25, 0.3) is 0 Å². The number of halogens is 3. The van der Waals surface area contributed by atoms with Gasteiger partial charge < -0.3 is 4.57 Å². The second-order valence-electron chi connectivity index (χ2n) is 4.78. The molecule has 2 aromatic heterocycles. The van der Waals surface area contributed by atoms with Gasteiger partial charge in [-0.15, -0.1) is 0 Å². The normalized spacial score (nSPS) is 11.0. The maximum Gasteiger partial charge on any atom is 0.435 e. The molecule has 0 aliphatic carbocycles. The molecule has 0 fully saturated rings. The number of Topliss-reactive ketones (excluding diaryl/α,β-unsaturated/α-hetero) is 1. The number of carbonyl (C=O) groups is 1. The first-order valence-corrected chi connectivity index (χ1v) is 6.82. The van der Waals surface area contributed by atoms with Crippen molar-refractivity contribution in [2.24, 2.45) is 7.05 Å². The topological polar surface area (TPSA) is 52.7 Å².